The van der Waals surface area contributed by atoms with Crippen LogP contribution in [0, 0.1) is 0 Å². The molecule has 0 aliphatic carbocycles. The van der Waals surface area contributed by atoms with Gasteiger partial charge in [0.25, 0.3) is 5.91 Å². The first-order valence-corrected chi connectivity index (χ1v) is 5.94. The summed E-state index contributed by atoms with van der Waals surface area (Å²) in [5.74, 6) is -0.110. The summed E-state index contributed by atoms with van der Waals surface area (Å²) in [5.41, 5.74) is 8.00. The molecule has 0 saturated heterocycles. The monoisotopic (exact) mass is 247 g/mol. The molecule has 0 spiro atoms. The molecule has 98 valence electrons. The smallest absolute Gasteiger partial charge is 0.251 e. The first kappa shape index (κ1) is 14.1. The lowest BCUT2D eigenvalue weighted by Gasteiger charge is -2.17. The van der Waals surface area contributed by atoms with E-state index in [9.17, 15) is 4.79 Å². The highest BCUT2D eigenvalue weighted by Gasteiger charge is 2.11. The Morgan fingerprint density at radius 2 is 2.22 bits per heavy atom. The van der Waals surface area contributed by atoms with Crippen LogP contribution in [0.15, 0.2) is 30.9 Å². The number of rotatable bonds is 5. The highest BCUT2D eigenvalue weighted by molar-refractivity contribution is 5.96. The average molecular weight is 247 g/mol. The van der Waals surface area contributed by atoms with Crippen molar-refractivity contribution in [2.45, 2.75) is 19.4 Å². The lowest BCUT2D eigenvalue weighted by Crippen LogP contribution is -2.32. The summed E-state index contributed by atoms with van der Waals surface area (Å²) in [6.45, 7) is 5.59. The average Bonchev–Trinajstić information content (AvgIpc) is 2.28. The molecule has 1 unspecified atom stereocenters. The first-order valence-electron chi connectivity index (χ1n) is 5.94. The van der Waals surface area contributed by atoms with Gasteiger partial charge in [0.05, 0.1) is 11.4 Å². The fourth-order valence-electron chi connectivity index (χ4n) is 1.72. The van der Waals surface area contributed by atoms with Gasteiger partial charge in [-0.3, -0.25) is 4.79 Å². The molecule has 1 rings (SSSR count). The highest BCUT2D eigenvalue weighted by atomic mass is 16.1. The minimum Gasteiger partial charge on any atom is -0.397 e. The van der Waals surface area contributed by atoms with Crippen LogP contribution in [0.5, 0.6) is 0 Å². The first-order chi connectivity index (χ1) is 8.45. The Balaban J connectivity index is 2.81. The molecule has 1 amide bonds. The second-order valence-electron chi connectivity index (χ2n) is 4.57. The van der Waals surface area contributed by atoms with E-state index in [4.69, 9.17) is 5.73 Å². The van der Waals surface area contributed by atoms with E-state index in [1.165, 1.54) is 0 Å². The van der Waals surface area contributed by atoms with Crippen molar-refractivity contribution in [3.63, 3.8) is 0 Å². The molecule has 0 aromatic heterocycles. The van der Waals surface area contributed by atoms with Crippen LogP contribution < -0.4 is 16.0 Å². The summed E-state index contributed by atoms with van der Waals surface area (Å²) in [4.78, 5) is 13.9. The molecule has 0 heterocycles. The van der Waals surface area contributed by atoms with Gasteiger partial charge in [-0.1, -0.05) is 6.08 Å². The van der Waals surface area contributed by atoms with E-state index in [1.807, 2.05) is 32.0 Å². The minimum atomic E-state index is -0.110. The Morgan fingerprint density at radius 3 is 2.72 bits per heavy atom. The summed E-state index contributed by atoms with van der Waals surface area (Å²) in [7, 11) is 3.83. The summed E-state index contributed by atoms with van der Waals surface area (Å²) >= 11 is 0. The SMILES string of the molecule is C=CCC(C)NC(=O)c1ccc(N(C)C)c(N)c1. The van der Waals surface area contributed by atoms with Crippen LogP contribution in [0.2, 0.25) is 0 Å². The minimum absolute atomic E-state index is 0.0738. The molecule has 1 aromatic rings. The number of nitrogen functional groups attached to an aromatic ring is 1. The molecule has 0 aliphatic heterocycles. The Bertz CT molecular complexity index is 441. The van der Waals surface area contributed by atoms with Gasteiger partial charge < -0.3 is 16.0 Å². The van der Waals surface area contributed by atoms with Gasteiger partial charge in [0, 0.05) is 25.7 Å². The van der Waals surface area contributed by atoms with Crippen molar-refractivity contribution >= 4 is 17.3 Å². The number of nitrogens with two attached hydrogens (primary N) is 1. The Labute approximate surface area is 108 Å². The predicted molar refractivity (Wildman–Crippen MR) is 76.9 cm³/mol. The predicted octanol–water partition coefficient (Wildman–Crippen LogP) is 2.03. The summed E-state index contributed by atoms with van der Waals surface area (Å²) in [5, 5.41) is 2.89. The molecule has 0 radical (unpaired) electrons. The zero-order valence-corrected chi connectivity index (χ0v) is 11.2. The number of benzene rings is 1. The maximum absolute atomic E-state index is 11.9. The molecule has 3 N–H and O–H groups in total. The van der Waals surface area contributed by atoms with E-state index in [-0.39, 0.29) is 11.9 Å². The van der Waals surface area contributed by atoms with Crippen LogP contribution in [0.1, 0.15) is 23.7 Å². The molecule has 0 bridgehead atoms. The normalized spacial score (nSPS) is 11.7. The molecule has 4 heteroatoms. The van der Waals surface area contributed by atoms with Gasteiger partial charge in [-0.15, -0.1) is 6.58 Å². The van der Waals surface area contributed by atoms with Crippen molar-refractivity contribution in [2.75, 3.05) is 24.7 Å². The van der Waals surface area contributed by atoms with Gasteiger partial charge in [0.15, 0.2) is 0 Å². The number of amides is 1. The molecular formula is C14H21N3O. The number of hydrogen-bond donors (Lipinski definition) is 2. The van der Waals surface area contributed by atoms with E-state index >= 15 is 0 Å². The van der Waals surface area contributed by atoms with E-state index in [1.54, 1.807) is 18.2 Å². The Hall–Kier alpha value is -1.97. The van der Waals surface area contributed by atoms with Crippen molar-refractivity contribution in [3.8, 4) is 0 Å². The summed E-state index contributed by atoms with van der Waals surface area (Å²) in [6.07, 6.45) is 2.53. The van der Waals surface area contributed by atoms with Crippen molar-refractivity contribution in [3.05, 3.63) is 36.4 Å². The number of carbonyl (C=O) groups is 1. The van der Waals surface area contributed by atoms with Gasteiger partial charge in [-0.25, -0.2) is 0 Å². The van der Waals surface area contributed by atoms with E-state index in [0.29, 0.717) is 11.3 Å². The fraction of sp³-hybridized carbons (Fsp3) is 0.357. The third-order valence-electron chi connectivity index (χ3n) is 2.67. The topological polar surface area (TPSA) is 58.4 Å². The molecule has 1 aromatic carbocycles. The standard InChI is InChI=1S/C14H21N3O/c1-5-6-10(2)16-14(18)11-7-8-13(17(3)4)12(15)9-11/h5,7-10H,1,6,15H2,2-4H3,(H,16,18). The number of hydrogen-bond acceptors (Lipinski definition) is 3. The molecule has 0 aliphatic rings. The van der Waals surface area contributed by atoms with Crippen LogP contribution in [0.25, 0.3) is 0 Å². The maximum atomic E-state index is 11.9. The summed E-state index contributed by atoms with van der Waals surface area (Å²) < 4.78 is 0. The third kappa shape index (κ3) is 3.52. The zero-order chi connectivity index (χ0) is 13.7. The van der Waals surface area contributed by atoms with Crippen molar-refractivity contribution in [1.82, 2.24) is 5.32 Å². The number of nitrogens with zero attached hydrogens (tertiary/aromatic N) is 1. The van der Waals surface area contributed by atoms with Crippen LogP contribution in [0.4, 0.5) is 11.4 Å². The van der Waals surface area contributed by atoms with Crippen LogP contribution >= 0.6 is 0 Å². The molecule has 1 atom stereocenters. The van der Waals surface area contributed by atoms with Crippen molar-refractivity contribution in [1.29, 1.82) is 0 Å². The lowest BCUT2D eigenvalue weighted by molar-refractivity contribution is 0.0940. The number of nitrogens with one attached hydrogen (secondary N) is 1. The number of carbonyl (C=O) groups excluding carboxylic acids is 1. The second kappa shape index (κ2) is 6.10. The van der Waals surface area contributed by atoms with Gasteiger partial charge in [-0.05, 0) is 31.5 Å². The molecule has 0 fully saturated rings. The van der Waals surface area contributed by atoms with Gasteiger partial charge in [-0.2, -0.15) is 0 Å². The largest absolute Gasteiger partial charge is 0.397 e. The zero-order valence-electron chi connectivity index (χ0n) is 11.2. The third-order valence-corrected chi connectivity index (χ3v) is 2.67. The Kier molecular flexibility index (Phi) is 4.77. The quantitative estimate of drug-likeness (QED) is 0.618. The second-order valence-corrected chi connectivity index (χ2v) is 4.57. The van der Waals surface area contributed by atoms with Crippen LogP contribution in [-0.2, 0) is 0 Å². The maximum Gasteiger partial charge on any atom is 0.251 e. The van der Waals surface area contributed by atoms with Gasteiger partial charge in [0.1, 0.15) is 0 Å². The van der Waals surface area contributed by atoms with Crippen LogP contribution in [0.3, 0.4) is 0 Å². The van der Waals surface area contributed by atoms with E-state index < -0.39 is 0 Å². The Morgan fingerprint density at radius 1 is 1.56 bits per heavy atom. The fourth-order valence-corrected chi connectivity index (χ4v) is 1.72. The van der Waals surface area contributed by atoms with Crippen molar-refractivity contribution < 1.29 is 4.79 Å². The highest BCUT2D eigenvalue weighted by Crippen LogP contribution is 2.22. The van der Waals surface area contributed by atoms with Crippen molar-refractivity contribution in [2.24, 2.45) is 0 Å². The molecule has 0 saturated carbocycles. The van der Waals surface area contributed by atoms with Gasteiger partial charge in [0.2, 0.25) is 0 Å². The van der Waals surface area contributed by atoms with E-state index in [2.05, 4.69) is 11.9 Å². The summed E-state index contributed by atoms with van der Waals surface area (Å²) in [6, 6.07) is 5.40. The van der Waals surface area contributed by atoms with Crippen LogP contribution in [-0.4, -0.2) is 26.0 Å². The van der Waals surface area contributed by atoms with Gasteiger partial charge >= 0.3 is 0 Å². The molecule has 4 nitrogen and oxygen atoms in total. The van der Waals surface area contributed by atoms with E-state index in [0.717, 1.165) is 12.1 Å². The lowest BCUT2D eigenvalue weighted by atomic mass is 10.1. The number of anilines is 2. The molecular weight excluding hydrogens is 226 g/mol. The molecule has 18 heavy (non-hydrogen) atoms.